The van der Waals surface area contributed by atoms with Gasteiger partial charge in [0.05, 0.1) is 0 Å². The van der Waals surface area contributed by atoms with E-state index in [2.05, 4.69) is 252 Å². The molecule has 0 fully saturated rings. The van der Waals surface area contributed by atoms with Crippen molar-refractivity contribution in [2.24, 2.45) is 0 Å². The first kappa shape index (κ1) is 62.3. The Bertz CT molecular complexity index is 4940. The number of rotatable bonds is 29. The summed E-state index contributed by atoms with van der Waals surface area (Å²) in [5.41, 5.74) is 23.5. The van der Waals surface area contributed by atoms with Gasteiger partial charge < -0.3 is 22.8 Å². The summed E-state index contributed by atoms with van der Waals surface area (Å²) in [5.74, 6) is 0. The quantitative estimate of drug-likeness (QED) is 0.0418. The Morgan fingerprint density at radius 2 is 0.337 bits per heavy atom. The lowest BCUT2D eigenvalue weighted by Gasteiger charge is -2.10. The van der Waals surface area contributed by atoms with Crippen LogP contribution in [-0.2, 0) is 32.7 Å². The van der Waals surface area contributed by atoms with E-state index in [1.54, 1.807) is 0 Å². The van der Waals surface area contributed by atoms with Crippen LogP contribution in [0.4, 0.5) is 0 Å². The van der Waals surface area contributed by atoms with Crippen LogP contribution in [0, 0.1) is 0 Å². The van der Waals surface area contributed by atoms with Crippen molar-refractivity contribution in [3.63, 3.8) is 0 Å². The average Bonchev–Trinajstić information content (AvgIpc) is 1.61. The fraction of sp³-hybridized carbons (Fsp3) is 0.333. The van der Waals surface area contributed by atoms with Crippen LogP contribution in [0.1, 0.15) is 163 Å². The zero-order valence-corrected chi connectivity index (χ0v) is 57.4. The second-order valence-electron chi connectivity index (χ2n) is 28.0. The fourth-order valence-electron chi connectivity index (χ4n) is 16.5. The van der Waals surface area contributed by atoms with Gasteiger partial charge in [0.1, 0.15) is 0 Å². The van der Waals surface area contributed by atoms with Crippen molar-refractivity contribution in [1.82, 2.24) is 22.8 Å². The molecule has 15 aromatic rings. The molecule has 0 spiro atoms. The van der Waals surface area contributed by atoms with E-state index in [-0.39, 0.29) is 0 Å². The monoisotopic (exact) mass is 1250 g/mol. The molecule has 15 rings (SSSR count). The first-order valence-corrected chi connectivity index (χ1v) is 37.2. The lowest BCUT2D eigenvalue weighted by Crippen LogP contribution is -1.98. The summed E-state index contributed by atoms with van der Waals surface area (Å²) in [6.45, 7) is 16.7. The number of benzene rings is 10. The summed E-state index contributed by atoms with van der Waals surface area (Å²) in [5, 5.41) is 13.4. The fourth-order valence-corrected chi connectivity index (χ4v) is 16.5. The Hall–Kier alpha value is -8.80. The molecule has 0 aliphatic rings. The second kappa shape index (κ2) is 27.9. The highest BCUT2D eigenvalue weighted by atomic mass is 15.0. The highest BCUT2D eigenvalue weighted by Gasteiger charge is 2.21. The molecule has 482 valence electrons. The van der Waals surface area contributed by atoms with Crippen molar-refractivity contribution in [1.29, 1.82) is 0 Å². The molecule has 95 heavy (non-hydrogen) atoms. The third-order valence-corrected chi connectivity index (χ3v) is 21.6. The van der Waals surface area contributed by atoms with E-state index < -0.39 is 0 Å². The lowest BCUT2D eigenvalue weighted by atomic mass is 9.97. The average molecular weight is 1250 g/mol. The van der Waals surface area contributed by atoms with Gasteiger partial charge in [-0.3, -0.25) is 0 Å². The summed E-state index contributed by atoms with van der Waals surface area (Å²) in [7, 11) is 0. The van der Waals surface area contributed by atoms with Crippen LogP contribution >= 0.6 is 0 Å². The third kappa shape index (κ3) is 11.8. The van der Waals surface area contributed by atoms with Gasteiger partial charge in [0.2, 0.25) is 0 Å². The van der Waals surface area contributed by atoms with E-state index in [1.165, 1.54) is 282 Å². The van der Waals surface area contributed by atoms with Gasteiger partial charge in [-0.2, -0.15) is 0 Å². The van der Waals surface area contributed by atoms with Crippen molar-refractivity contribution >= 4 is 109 Å². The SMILES string of the molecule is CCCCCCn1c2ccccc2c2cc(-c3ccc4c(c3)c3cc(-c5ccc6c(c5)c5cc(-c7ccc8c(c7)c7cc(-c9ccc%10c(c9)c9ccccc9n%10CCCCCC)ccc7n8CCCCCC)ccc5n6CCCCCC)ccc3n4CCCCCC)ccc21. The van der Waals surface area contributed by atoms with Gasteiger partial charge in [-0.15, -0.1) is 0 Å². The van der Waals surface area contributed by atoms with Crippen molar-refractivity contribution in [2.45, 2.75) is 196 Å². The number of fused-ring (bicyclic) bond motifs is 15. The number of unbranched alkanes of at least 4 members (excludes halogenated alkanes) is 15. The molecule has 0 aliphatic heterocycles. The lowest BCUT2D eigenvalue weighted by molar-refractivity contribution is 0.602. The molecule has 0 unspecified atom stereocenters. The van der Waals surface area contributed by atoms with Gasteiger partial charge in [-0.05, 0) is 186 Å². The molecule has 0 saturated heterocycles. The number of nitrogens with zero attached hydrogens (tertiary/aromatic N) is 5. The van der Waals surface area contributed by atoms with E-state index in [9.17, 15) is 0 Å². The summed E-state index contributed by atoms with van der Waals surface area (Å²) < 4.78 is 13.0. The molecule has 0 aliphatic carbocycles. The molecule has 0 amide bonds. The van der Waals surface area contributed by atoms with Crippen LogP contribution in [0.25, 0.3) is 154 Å². The van der Waals surface area contributed by atoms with Gasteiger partial charge in [0.15, 0.2) is 0 Å². The topological polar surface area (TPSA) is 24.6 Å². The maximum absolute atomic E-state index is 2.63. The number of hydrogen-bond acceptors (Lipinski definition) is 0. The minimum absolute atomic E-state index is 1.01. The van der Waals surface area contributed by atoms with E-state index in [4.69, 9.17) is 0 Å². The Kier molecular flexibility index (Phi) is 18.3. The smallest absolute Gasteiger partial charge is 0.0491 e. The van der Waals surface area contributed by atoms with Crippen LogP contribution in [0.3, 0.4) is 0 Å². The predicted molar refractivity (Wildman–Crippen MR) is 414 cm³/mol. The second-order valence-corrected chi connectivity index (χ2v) is 28.0. The predicted octanol–water partition coefficient (Wildman–Crippen LogP) is 26.8. The minimum Gasteiger partial charge on any atom is -0.340 e. The molecule has 0 radical (unpaired) electrons. The van der Waals surface area contributed by atoms with Gasteiger partial charge >= 0.3 is 0 Å². The maximum Gasteiger partial charge on any atom is 0.0491 e. The van der Waals surface area contributed by atoms with Crippen molar-refractivity contribution in [2.75, 3.05) is 0 Å². The van der Waals surface area contributed by atoms with E-state index in [0.717, 1.165) is 32.7 Å². The zero-order valence-electron chi connectivity index (χ0n) is 57.4. The van der Waals surface area contributed by atoms with Crippen molar-refractivity contribution in [3.8, 4) is 44.5 Å². The molecule has 0 atom stereocenters. The van der Waals surface area contributed by atoms with Crippen LogP contribution in [0.15, 0.2) is 194 Å². The van der Waals surface area contributed by atoms with Crippen LogP contribution in [-0.4, -0.2) is 22.8 Å². The van der Waals surface area contributed by atoms with Crippen molar-refractivity contribution < 1.29 is 0 Å². The van der Waals surface area contributed by atoms with Gasteiger partial charge in [-0.25, -0.2) is 0 Å². The molecule has 0 bridgehead atoms. The van der Waals surface area contributed by atoms with Crippen LogP contribution < -0.4 is 0 Å². The van der Waals surface area contributed by atoms with Crippen molar-refractivity contribution in [3.05, 3.63) is 194 Å². The van der Waals surface area contributed by atoms with Gasteiger partial charge in [-0.1, -0.05) is 216 Å². The van der Waals surface area contributed by atoms with Crippen LogP contribution in [0.2, 0.25) is 0 Å². The molecule has 5 nitrogen and oxygen atoms in total. The van der Waals surface area contributed by atoms with Crippen LogP contribution in [0.5, 0.6) is 0 Å². The molecule has 5 aromatic heterocycles. The Balaban J connectivity index is 0.824. The normalized spacial score (nSPS) is 12.3. The third-order valence-electron chi connectivity index (χ3n) is 21.6. The van der Waals surface area contributed by atoms with Gasteiger partial charge in [0, 0.05) is 142 Å². The molecule has 5 heteroatoms. The Morgan fingerprint density at radius 3 is 0.526 bits per heavy atom. The first-order chi connectivity index (χ1) is 46.9. The molecule has 5 heterocycles. The largest absolute Gasteiger partial charge is 0.340 e. The molecular formula is C90H97N5. The number of para-hydroxylation sites is 2. The minimum atomic E-state index is 1.01. The highest BCUT2D eigenvalue weighted by Crippen LogP contribution is 2.43. The number of aryl methyl sites for hydroxylation is 5. The van der Waals surface area contributed by atoms with E-state index in [0.29, 0.717) is 0 Å². The first-order valence-electron chi connectivity index (χ1n) is 37.2. The number of aromatic nitrogens is 5. The Morgan fingerprint density at radius 1 is 0.168 bits per heavy atom. The zero-order chi connectivity index (χ0) is 64.4. The molecular weight excluding hydrogens is 1150 g/mol. The van der Waals surface area contributed by atoms with E-state index >= 15 is 0 Å². The number of hydrogen-bond donors (Lipinski definition) is 0. The summed E-state index contributed by atoms with van der Waals surface area (Å²) in [4.78, 5) is 0. The van der Waals surface area contributed by atoms with Gasteiger partial charge in [0.25, 0.3) is 0 Å². The highest BCUT2D eigenvalue weighted by molar-refractivity contribution is 6.16. The summed E-state index contributed by atoms with van der Waals surface area (Å²) >= 11 is 0. The molecule has 10 aromatic carbocycles. The summed E-state index contributed by atoms with van der Waals surface area (Å²) in [6, 6.07) is 76.6. The van der Waals surface area contributed by atoms with E-state index in [1.807, 2.05) is 0 Å². The molecule has 0 N–H and O–H groups in total. The Labute approximate surface area is 563 Å². The maximum atomic E-state index is 2.63. The standard InChI is InChI=1S/C90H97N5/c1-6-11-16-25-50-91-81-32-23-21-30-71(81)73-55-63(34-42-83(73)91)65-36-44-85-75(57-65)77-59-67(38-46-87(77)93(85)52-27-18-13-8-3)69-40-48-89-79(61-69)80-62-70(41-49-90(80)95(89)54-29-20-15-10-5)68-39-47-88-78(60-68)76-58-66(37-45-86(76)94(88)53-28-19-14-9-4)64-35-43-84-74(56-64)72-31-22-24-33-82(72)92(84)51-26-17-12-7-2/h21-24,30-49,55-62H,6-20,25-29,50-54H2,1-5H3. The molecule has 0 saturated carbocycles. The summed E-state index contributed by atoms with van der Waals surface area (Å²) in [6.07, 6.45) is 24.8.